The van der Waals surface area contributed by atoms with Crippen LogP contribution in [0.25, 0.3) is 87.6 Å². The minimum Gasteiger partial charge on any atom is -0.456 e. The Labute approximate surface area is 274 Å². The van der Waals surface area contributed by atoms with Crippen LogP contribution >= 0.6 is 0 Å². The highest BCUT2D eigenvalue weighted by atomic mass is 16.3. The molecule has 1 heteroatoms. The highest BCUT2D eigenvalue weighted by Gasteiger charge is 2.21. The van der Waals surface area contributed by atoms with Gasteiger partial charge in [-0.3, -0.25) is 0 Å². The fourth-order valence-corrected chi connectivity index (χ4v) is 5.84. The topological polar surface area (TPSA) is 13.1 Å². The first-order valence-corrected chi connectivity index (χ1v) is 13.3. The average molecular weight is 565 g/mol. The molecular formula is C42H26O. The van der Waals surface area contributed by atoms with Crippen LogP contribution in [0, 0.1) is 0 Å². The molecule has 0 N–H and O–H groups in total. The molecule has 1 nitrogen and oxygen atoms in total. The molecule has 0 aliphatic carbocycles. The first-order chi connectivity index (χ1) is 28.8. The molecule has 0 spiro atoms. The molecule has 0 saturated heterocycles. The summed E-state index contributed by atoms with van der Waals surface area (Å²) in [7, 11) is 0. The molecule has 0 bridgehead atoms. The van der Waals surface area contributed by atoms with E-state index < -0.39 is 120 Å². The van der Waals surface area contributed by atoms with E-state index in [1.54, 1.807) is 48.5 Å². The van der Waals surface area contributed by atoms with Crippen LogP contribution in [0.4, 0.5) is 0 Å². The average Bonchev–Trinajstić information content (AvgIpc) is 3.65. The van der Waals surface area contributed by atoms with Crippen LogP contribution in [0.3, 0.4) is 0 Å². The van der Waals surface area contributed by atoms with Crippen molar-refractivity contribution >= 4 is 54.3 Å². The Kier molecular flexibility index (Phi) is 2.70. The van der Waals surface area contributed by atoms with Gasteiger partial charge in [-0.05, 0) is 89.9 Å². The third-order valence-corrected chi connectivity index (χ3v) is 7.57. The van der Waals surface area contributed by atoms with Crippen LogP contribution in [0.1, 0.15) is 24.7 Å². The van der Waals surface area contributed by atoms with E-state index in [-0.39, 0.29) is 55.0 Å². The van der Waals surface area contributed by atoms with Gasteiger partial charge in [-0.15, -0.1) is 0 Å². The molecule has 8 aromatic carbocycles. The number of para-hydroxylation sites is 1. The molecule has 0 radical (unpaired) electrons. The Hall–Kier alpha value is -5.66. The summed E-state index contributed by atoms with van der Waals surface area (Å²) in [6.45, 7) is 0. The van der Waals surface area contributed by atoms with E-state index in [1.807, 2.05) is 0 Å². The van der Waals surface area contributed by atoms with Gasteiger partial charge in [-0.25, -0.2) is 0 Å². The maximum atomic E-state index is 9.87. The zero-order valence-electron chi connectivity index (χ0n) is 40.0. The van der Waals surface area contributed by atoms with Crippen LogP contribution in [0.5, 0.6) is 0 Å². The predicted octanol–water partition coefficient (Wildman–Crippen LogP) is 12.0. The number of hydrogen-bond acceptors (Lipinski definition) is 1. The standard InChI is InChI=1S/C42H26O/c1-2-13-27(14-3-1)29-25-28-15-4-5-16-30(28)37(26-29)41-33-19-8-6-17-31(33)40(32-18-7-9-20-34(32)41)36-22-12-24-39-42(36)35-21-10-11-23-38(35)43-39/h1-26H/i1D,2D,3D,4D,5D,10D,11D,12D,13D,14D,15D,16D,21D,22D,23D,24D,25D,26D. The van der Waals surface area contributed by atoms with Gasteiger partial charge in [-0.1, -0.05) is 133 Å². The van der Waals surface area contributed by atoms with Crippen LogP contribution in [0.15, 0.2) is 162 Å². The summed E-state index contributed by atoms with van der Waals surface area (Å²) in [4.78, 5) is 0. The first kappa shape index (κ1) is 12.3. The second-order valence-electron chi connectivity index (χ2n) is 9.85. The van der Waals surface area contributed by atoms with Crippen molar-refractivity contribution in [2.75, 3.05) is 0 Å². The van der Waals surface area contributed by atoms with Crippen molar-refractivity contribution in [3.8, 4) is 33.4 Å². The minimum absolute atomic E-state index is 0.00192. The fraction of sp³-hybridized carbons (Fsp3) is 0. The lowest BCUT2D eigenvalue weighted by Gasteiger charge is -2.20. The molecule has 0 saturated carbocycles. The quantitative estimate of drug-likeness (QED) is 0.195. The Bertz CT molecular complexity index is 3430. The first-order valence-electron chi connectivity index (χ1n) is 22.3. The summed E-state index contributed by atoms with van der Waals surface area (Å²) in [5.41, 5.74) is -1.21. The Morgan fingerprint density at radius 1 is 0.419 bits per heavy atom. The molecule has 0 amide bonds. The van der Waals surface area contributed by atoms with E-state index in [2.05, 4.69) is 0 Å². The summed E-state index contributed by atoms with van der Waals surface area (Å²) in [6, 6.07) is 2.04. The minimum atomic E-state index is -0.742. The van der Waals surface area contributed by atoms with E-state index in [0.29, 0.717) is 21.5 Å². The SMILES string of the molecule is [2H]c1c([2H])c([2H])c(-c2c([2H])c(-c3c4ccccc4c(-c4c([2H])c([2H])c([2H])c5oc6c([2H])c([2H])c([2H])c([2H])c6c45)c4ccccc34)c3c([2H])c([2H])c([2H])c([2H])c3c2[2H])c([2H])c1[2H]. The molecule has 9 aromatic rings. The van der Waals surface area contributed by atoms with Crippen molar-refractivity contribution < 1.29 is 29.1 Å². The normalized spacial score (nSPS) is 17.6. The number of fused-ring (bicyclic) bond motifs is 6. The Balaban J connectivity index is 1.56. The summed E-state index contributed by atoms with van der Waals surface area (Å²) < 4.78 is 165. The monoisotopic (exact) mass is 564 g/mol. The molecule has 9 rings (SSSR count). The highest BCUT2D eigenvalue weighted by Crippen LogP contribution is 2.48. The molecule has 200 valence electrons. The van der Waals surface area contributed by atoms with Crippen molar-refractivity contribution in [1.29, 1.82) is 0 Å². The van der Waals surface area contributed by atoms with Gasteiger partial charge in [0.2, 0.25) is 0 Å². The number of benzene rings is 8. The van der Waals surface area contributed by atoms with Gasteiger partial charge in [-0.2, -0.15) is 0 Å². The lowest BCUT2D eigenvalue weighted by Crippen LogP contribution is -1.93. The largest absolute Gasteiger partial charge is 0.456 e. The maximum absolute atomic E-state index is 9.87. The zero-order valence-corrected chi connectivity index (χ0v) is 22.0. The van der Waals surface area contributed by atoms with Crippen LogP contribution in [-0.4, -0.2) is 0 Å². The molecule has 0 atom stereocenters. The van der Waals surface area contributed by atoms with Gasteiger partial charge in [0.1, 0.15) is 11.2 Å². The molecule has 0 fully saturated rings. The van der Waals surface area contributed by atoms with Crippen LogP contribution in [-0.2, 0) is 0 Å². The number of furan rings is 1. The Morgan fingerprint density at radius 3 is 1.72 bits per heavy atom. The number of hydrogen-bond donors (Lipinski definition) is 0. The summed E-state index contributed by atoms with van der Waals surface area (Å²) in [5, 5.41) is 0.567. The second-order valence-corrected chi connectivity index (χ2v) is 9.85. The van der Waals surface area contributed by atoms with Gasteiger partial charge in [0.15, 0.2) is 0 Å². The number of rotatable bonds is 3. The fourth-order valence-electron chi connectivity index (χ4n) is 5.84. The van der Waals surface area contributed by atoms with Gasteiger partial charge >= 0.3 is 0 Å². The lowest BCUT2D eigenvalue weighted by atomic mass is 9.83. The molecule has 43 heavy (non-hydrogen) atoms. The molecule has 0 unspecified atom stereocenters. The third-order valence-electron chi connectivity index (χ3n) is 7.57. The van der Waals surface area contributed by atoms with Crippen LogP contribution < -0.4 is 0 Å². The highest BCUT2D eigenvalue weighted by molar-refractivity contribution is 6.27. The van der Waals surface area contributed by atoms with E-state index in [0.717, 1.165) is 0 Å². The van der Waals surface area contributed by atoms with Crippen molar-refractivity contribution in [3.05, 3.63) is 157 Å². The van der Waals surface area contributed by atoms with Gasteiger partial charge in [0.25, 0.3) is 0 Å². The molecule has 0 aliphatic rings. The van der Waals surface area contributed by atoms with Crippen molar-refractivity contribution in [2.45, 2.75) is 0 Å². The van der Waals surface area contributed by atoms with Crippen molar-refractivity contribution in [2.24, 2.45) is 0 Å². The van der Waals surface area contributed by atoms with E-state index in [4.69, 9.17) is 23.6 Å². The van der Waals surface area contributed by atoms with Crippen LogP contribution in [0.2, 0.25) is 0 Å². The maximum Gasteiger partial charge on any atom is 0.136 e. The molecular weight excluding hydrogens is 520 g/mol. The van der Waals surface area contributed by atoms with Gasteiger partial charge < -0.3 is 4.42 Å². The summed E-state index contributed by atoms with van der Waals surface area (Å²) >= 11 is 0. The third kappa shape index (κ3) is 3.65. The van der Waals surface area contributed by atoms with E-state index >= 15 is 0 Å². The molecule has 0 aliphatic heterocycles. The zero-order chi connectivity index (χ0) is 44.0. The van der Waals surface area contributed by atoms with Crippen molar-refractivity contribution in [1.82, 2.24) is 0 Å². The van der Waals surface area contributed by atoms with Gasteiger partial charge in [0.05, 0.1) is 24.7 Å². The smallest absolute Gasteiger partial charge is 0.136 e. The van der Waals surface area contributed by atoms with Gasteiger partial charge in [0, 0.05) is 10.8 Å². The lowest BCUT2D eigenvalue weighted by molar-refractivity contribution is 0.669. The molecule has 1 heterocycles. The van der Waals surface area contributed by atoms with E-state index in [9.17, 15) is 5.48 Å². The second kappa shape index (κ2) is 9.44. The molecule has 1 aromatic heterocycles. The summed E-state index contributed by atoms with van der Waals surface area (Å²) in [6.07, 6.45) is 0. The predicted molar refractivity (Wildman–Crippen MR) is 183 cm³/mol. The van der Waals surface area contributed by atoms with Crippen molar-refractivity contribution in [3.63, 3.8) is 0 Å². The van der Waals surface area contributed by atoms with E-state index in [1.165, 1.54) is 0 Å². The Morgan fingerprint density at radius 2 is 1.00 bits per heavy atom. The summed E-state index contributed by atoms with van der Waals surface area (Å²) in [5.74, 6) is 0.